The summed E-state index contributed by atoms with van der Waals surface area (Å²) >= 11 is 2.03. The van der Waals surface area contributed by atoms with Gasteiger partial charge in [-0.25, -0.2) is 0 Å². The van der Waals surface area contributed by atoms with Gasteiger partial charge in [-0.1, -0.05) is 36.5 Å². The molecule has 2 aliphatic carbocycles. The number of hydrogen-bond acceptors (Lipinski definition) is 1. The lowest BCUT2D eigenvalue weighted by Gasteiger charge is -2.17. The van der Waals surface area contributed by atoms with E-state index < -0.39 is 0 Å². The third-order valence-corrected chi connectivity index (χ3v) is 4.29. The van der Waals surface area contributed by atoms with Gasteiger partial charge in [0.2, 0.25) is 0 Å². The first kappa shape index (κ1) is 7.69. The highest BCUT2D eigenvalue weighted by atomic mass is 32.2. The zero-order valence-corrected chi connectivity index (χ0v) is 8.26. The van der Waals surface area contributed by atoms with Gasteiger partial charge < -0.3 is 0 Å². The molecule has 13 heavy (non-hydrogen) atoms. The highest BCUT2D eigenvalue weighted by Gasteiger charge is 2.32. The molecule has 1 heterocycles. The fourth-order valence-corrected chi connectivity index (χ4v) is 3.69. The summed E-state index contributed by atoms with van der Waals surface area (Å²) in [6.45, 7) is 0. The number of thioether (sulfide) groups is 1. The average molecular weight is 188 g/mol. The highest BCUT2D eigenvalue weighted by Crippen LogP contribution is 2.48. The fraction of sp³-hybridized carbons (Fsp3) is 0.333. The number of fused-ring (bicyclic) bond motifs is 2. The molecule has 0 saturated carbocycles. The molecule has 0 aromatic rings. The molecule has 1 heteroatoms. The summed E-state index contributed by atoms with van der Waals surface area (Å²) in [5.41, 5.74) is 1.68. The maximum Gasteiger partial charge on any atom is 0.0378 e. The number of hydrogen-bond donors (Lipinski definition) is 0. The van der Waals surface area contributed by atoms with Crippen LogP contribution in [0.25, 0.3) is 0 Å². The Morgan fingerprint density at radius 2 is 2.15 bits per heavy atom. The van der Waals surface area contributed by atoms with E-state index >= 15 is 0 Å². The quantitative estimate of drug-likeness (QED) is 0.561. The molecule has 0 aromatic carbocycles. The lowest BCUT2D eigenvalue weighted by molar-refractivity contribution is 0.738. The summed E-state index contributed by atoms with van der Waals surface area (Å²) in [5, 5.41) is 0.692. The third kappa shape index (κ3) is 1.14. The molecule has 0 fully saturated rings. The molecule has 3 aliphatic rings. The number of rotatable bonds is 0. The van der Waals surface area contributed by atoms with E-state index in [0.29, 0.717) is 11.2 Å². The van der Waals surface area contributed by atoms with Crippen molar-refractivity contribution >= 4 is 11.8 Å². The zero-order valence-electron chi connectivity index (χ0n) is 7.44. The van der Waals surface area contributed by atoms with Gasteiger partial charge in [0.1, 0.15) is 0 Å². The summed E-state index contributed by atoms with van der Waals surface area (Å²) in [4.78, 5) is 1.54. The van der Waals surface area contributed by atoms with Crippen molar-refractivity contribution in [3.05, 3.63) is 46.9 Å². The predicted octanol–water partition coefficient (Wildman–Crippen LogP) is 3.45. The molecular weight excluding hydrogens is 176 g/mol. The standard InChI is InChI=1S/C12H12S/c1-3-7-11-9(5-1)10-6-2-4-8-12(10)13-11/h1,3-5,7-9,11H,2,6H2. The van der Waals surface area contributed by atoms with Crippen LogP contribution in [0.3, 0.4) is 0 Å². The smallest absolute Gasteiger partial charge is 0.0378 e. The van der Waals surface area contributed by atoms with Crippen LogP contribution >= 0.6 is 11.8 Å². The van der Waals surface area contributed by atoms with Crippen molar-refractivity contribution in [3.8, 4) is 0 Å². The van der Waals surface area contributed by atoms with Crippen LogP contribution in [0, 0.1) is 5.92 Å². The van der Waals surface area contributed by atoms with Crippen molar-refractivity contribution in [1.29, 1.82) is 0 Å². The van der Waals surface area contributed by atoms with Gasteiger partial charge in [0.25, 0.3) is 0 Å². The van der Waals surface area contributed by atoms with Crippen molar-refractivity contribution in [2.75, 3.05) is 0 Å². The Morgan fingerprint density at radius 3 is 3.15 bits per heavy atom. The van der Waals surface area contributed by atoms with Crippen molar-refractivity contribution in [3.63, 3.8) is 0 Å². The van der Waals surface area contributed by atoms with E-state index in [-0.39, 0.29) is 0 Å². The summed E-state index contributed by atoms with van der Waals surface area (Å²) < 4.78 is 0. The monoisotopic (exact) mass is 188 g/mol. The molecule has 0 amide bonds. The molecule has 3 rings (SSSR count). The second kappa shape index (κ2) is 2.91. The summed E-state index contributed by atoms with van der Waals surface area (Å²) in [6, 6.07) is 0. The Labute approximate surface area is 83.1 Å². The third-order valence-electron chi connectivity index (χ3n) is 2.92. The molecular formula is C12H12S. The van der Waals surface area contributed by atoms with Gasteiger partial charge in [0.15, 0.2) is 0 Å². The maximum absolute atomic E-state index is 2.36. The van der Waals surface area contributed by atoms with E-state index in [4.69, 9.17) is 0 Å². The molecule has 0 bridgehead atoms. The van der Waals surface area contributed by atoms with Gasteiger partial charge in [-0.2, -0.15) is 0 Å². The van der Waals surface area contributed by atoms with Crippen LogP contribution < -0.4 is 0 Å². The first-order valence-electron chi connectivity index (χ1n) is 4.86. The van der Waals surface area contributed by atoms with Gasteiger partial charge in [-0.15, -0.1) is 11.8 Å². The molecule has 0 spiro atoms. The Hall–Kier alpha value is -0.690. The van der Waals surface area contributed by atoms with E-state index in [9.17, 15) is 0 Å². The van der Waals surface area contributed by atoms with Crippen LogP contribution in [0.5, 0.6) is 0 Å². The first-order chi connectivity index (χ1) is 6.45. The molecule has 66 valence electrons. The fourth-order valence-electron chi connectivity index (χ4n) is 2.27. The predicted molar refractivity (Wildman–Crippen MR) is 58.5 cm³/mol. The molecule has 0 nitrogen and oxygen atoms in total. The lowest BCUT2D eigenvalue weighted by Crippen LogP contribution is -2.12. The van der Waals surface area contributed by atoms with Gasteiger partial charge in [-0.05, 0) is 18.4 Å². The molecule has 0 saturated heterocycles. The largest absolute Gasteiger partial charge is 0.118 e. The van der Waals surface area contributed by atoms with Crippen LogP contribution in [-0.4, -0.2) is 5.25 Å². The summed E-state index contributed by atoms with van der Waals surface area (Å²) in [7, 11) is 0. The minimum absolute atomic E-state index is 0.692. The Morgan fingerprint density at radius 1 is 1.23 bits per heavy atom. The minimum Gasteiger partial charge on any atom is -0.118 e. The zero-order chi connectivity index (χ0) is 8.67. The van der Waals surface area contributed by atoms with E-state index in [0.717, 1.165) is 0 Å². The Balaban J connectivity index is 2.00. The average Bonchev–Trinajstić information content (AvgIpc) is 2.56. The second-order valence-electron chi connectivity index (χ2n) is 3.71. The van der Waals surface area contributed by atoms with Gasteiger partial charge in [0.05, 0.1) is 0 Å². The van der Waals surface area contributed by atoms with Crippen LogP contribution in [-0.2, 0) is 0 Å². The molecule has 2 unspecified atom stereocenters. The van der Waals surface area contributed by atoms with Crippen LogP contribution in [0.15, 0.2) is 46.9 Å². The van der Waals surface area contributed by atoms with Gasteiger partial charge in [-0.3, -0.25) is 0 Å². The highest BCUT2D eigenvalue weighted by molar-refractivity contribution is 8.04. The van der Waals surface area contributed by atoms with E-state index in [1.807, 2.05) is 11.8 Å². The van der Waals surface area contributed by atoms with E-state index in [2.05, 4.69) is 36.5 Å². The minimum atomic E-state index is 0.692. The SMILES string of the molecule is C1=CC2SC3=C(CCC=C3)C2C=C1. The van der Waals surface area contributed by atoms with E-state index in [1.54, 1.807) is 5.57 Å². The van der Waals surface area contributed by atoms with Crippen molar-refractivity contribution < 1.29 is 0 Å². The Bertz CT molecular complexity index is 344. The lowest BCUT2D eigenvalue weighted by atomic mass is 9.87. The molecule has 2 atom stereocenters. The van der Waals surface area contributed by atoms with Gasteiger partial charge in [0, 0.05) is 16.1 Å². The van der Waals surface area contributed by atoms with Crippen molar-refractivity contribution in [2.24, 2.45) is 5.92 Å². The first-order valence-corrected chi connectivity index (χ1v) is 5.74. The van der Waals surface area contributed by atoms with Crippen molar-refractivity contribution in [2.45, 2.75) is 18.1 Å². The Kier molecular flexibility index (Phi) is 1.72. The van der Waals surface area contributed by atoms with Crippen LogP contribution in [0.1, 0.15) is 12.8 Å². The van der Waals surface area contributed by atoms with Gasteiger partial charge >= 0.3 is 0 Å². The topological polar surface area (TPSA) is 0 Å². The van der Waals surface area contributed by atoms with E-state index in [1.165, 1.54) is 17.7 Å². The molecule has 1 aliphatic heterocycles. The van der Waals surface area contributed by atoms with Crippen molar-refractivity contribution in [1.82, 2.24) is 0 Å². The summed E-state index contributed by atoms with van der Waals surface area (Å²) in [6.07, 6.45) is 16.2. The number of allylic oxidation sites excluding steroid dienone is 6. The molecule has 0 N–H and O–H groups in total. The van der Waals surface area contributed by atoms with Crippen LogP contribution in [0.2, 0.25) is 0 Å². The summed E-state index contributed by atoms with van der Waals surface area (Å²) in [5.74, 6) is 0.704. The van der Waals surface area contributed by atoms with Crippen LogP contribution in [0.4, 0.5) is 0 Å². The maximum atomic E-state index is 2.36. The molecule has 0 aromatic heterocycles. The molecule has 0 radical (unpaired) electrons. The second-order valence-corrected chi connectivity index (χ2v) is 4.93. The normalized spacial score (nSPS) is 35.1.